The van der Waals surface area contributed by atoms with E-state index in [-0.39, 0.29) is 12.2 Å². The first-order valence-electron chi connectivity index (χ1n) is 4.52. The molecular formula is C10H9FN2O2. The molecule has 0 spiro atoms. The molecule has 0 saturated heterocycles. The SMILES string of the molecule is CCOC(=O)c1c(F)ccc2[nH]ncc12. The number of hydrogen-bond donors (Lipinski definition) is 1. The van der Waals surface area contributed by atoms with E-state index in [1.165, 1.54) is 18.3 Å². The van der Waals surface area contributed by atoms with Crippen LogP contribution in [-0.2, 0) is 4.74 Å². The van der Waals surface area contributed by atoms with Crippen molar-refractivity contribution in [1.29, 1.82) is 0 Å². The zero-order valence-corrected chi connectivity index (χ0v) is 8.08. The number of carbonyl (C=O) groups excluding carboxylic acids is 1. The van der Waals surface area contributed by atoms with Crippen LogP contribution in [-0.4, -0.2) is 22.8 Å². The van der Waals surface area contributed by atoms with Crippen molar-refractivity contribution in [2.45, 2.75) is 6.92 Å². The summed E-state index contributed by atoms with van der Waals surface area (Å²) in [6.07, 6.45) is 1.41. The Morgan fingerprint density at radius 2 is 2.40 bits per heavy atom. The van der Waals surface area contributed by atoms with Gasteiger partial charge in [-0.25, -0.2) is 9.18 Å². The lowest BCUT2D eigenvalue weighted by molar-refractivity contribution is 0.0523. The van der Waals surface area contributed by atoms with Gasteiger partial charge in [-0.3, -0.25) is 5.10 Å². The predicted molar refractivity (Wildman–Crippen MR) is 52.0 cm³/mol. The van der Waals surface area contributed by atoms with Crippen LogP contribution in [0.25, 0.3) is 10.9 Å². The van der Waals surface area contributed by atoms with Crippen LogP contribution >= 0.6 is 0 Å². The number of esters is 1. The molecule has 0 atom stereocenters. The first-order chi connectivity index (χ1) is 7.24. The Labute approximate surface area is 85.0 Å². The van der Waals surface area contributed by atoms with Gasteiger partial charge in [0.25, 0.3) is 0 Å². The zero-order valence-electron chi connectivity index (χ0n) is 8.08. The third-order valence-electron chi connectivity index (χ3n) is 2.05. The Bertz CT molecular complexity index is 507. The number of carbonyl (C=O) groups is 1. The normalized spacial score (nSPS) is 10.5. The number of nitrogens with zero attached hydrogens (tertiary/aromatic N) is 1. The summed E-state index contributed by atoms with van der Waals surface area (Å²) in [6.45, 7) is 1.89. The molecule has 78 valence electrons. The van der Waals surface area contributed by atoms with E-state index < -0.39 is 11.8 Å². The van der Waals surface area contributed by atoms with Crippen molar-refractivity contribution in [1.82, 2.24) is 10.2 Å². The molecule has 0 radical (unpaired) electrons. The standard InChI is InChI=1S/C10H9FN2O2/c1-2-15-10(14)9-6-5-12-13-8(6)4-3-7(9)11/h3-5H,2H2,1H3,(H,12,13). The van der Waals surface area contributed by atoms with E-state index in [2.05, 4.69) is 10.2 Å². The minimum Gasteiger partial charge on any atom is -0.462 e. The van der Waals surface area contributed by atoms with Crippen LogP contribution in [0.15, 0.2) is 18.3 Å². The lowest BCUT2D eigenvalue weighted by atomic mass is 10.1. The monoisotopic (exact) mass is 208 g/mol. The largest absolute Gasteiger partial charge is 0.462 e. The van der Waals surface area contributed by atoms with Crippen LogP contribution in [0.1, 0.15) is 17.3 Å². The van der Waals surface area contributed by atoms with Gasteiger partial charge in [-0.05, 0) is 19.1 Å². The second-order valence-corrected chi connectivity index (χ2v) is 2.97. The van der Waals surface area contributed by atoms with E-state index in [0.717, 1.165) is 0 Å². The minimum atomic E-state index is -0.665. The minimum absolute atomic E-state index is 0.0666. The number of fused-ring (bicyclic) bond motifs is 1. The van der Waals surface area contributed by atoms with E-state index >= 15 is 0 Å². The topological polar surface area (TPSA) is 55.0 Å². The first kappa shape index (κ1) is 9.64. The van der Waals surface area contributed by atoms with Gasteiger partial charge in [-0.1, -0.05) is 0 Å². The van der Waals surface area contributed by atoms with Crippen molar-refractivity contribution >= 4 is 16.9 Å². The van der Waals surface area contributed by atoms with Gasteiger partial charge in [-0.15, -0.1) is 0 Å². The molecule has 4 nitrogen and oxygen atoms in total. The summed E-state index contributed by atoms with van der Waals surface area (Å²) in [7, 11) is 0. The maximum Gasteiger partial charge on any atom is 0.341 e. The lowest BCUT2D eigenvalue weighted by Gasteiger charge is -2.03. The molecule has 0 bridgehead atoms. The number of rotatable bonds is 2. The Kier molecular flexibility index (Phi) is 2.37. The molecule has 2 aromatic rings. The predicted octanol–water partition coefficient (Wildman–Crippen LogP) is 1.88. The number of aromatic nitrogens is 2. The van der Waals surface area contributed by atoms with Crippen molar-refractivity contribution in [3.8, 4) is 0 Å². The number of H-pyrrole nitrogens is 1. The zero-order chi connectivity index (χ0) is 10.8. The number of aromatic amines is 1. The maximum absolute atomic E-state index is 13.4. The summed E-state index contributed by atoms with van der Waals surface area (Å²) in [4.78, 5) is 11.5. The fourth-order valence-corrected chi connectivity index (χ4v) is 1.40. The Morgan fingerprint density at radius 1 is 1.60 bits per heavy atom. The van der Waals surface area contributed by atoms with Crippen LogP contribution in [0, 0.1) is 5.82 Å². The quantitative estimate of drug-likeness (QED) is 0.766. The number of hydrogen-bond acceptors (Lipinski definition) is 3. The van der Waals surface area contributed by atoms with Gasteiger partial charge in [-0.2, -0.15) is 5.10 Å². The number of halogens is 1. The molecule has 1 N–H and O–H groups in total. The Hall–Kier alpha value is -1.91. The van der Waals surface area contributed by atoms with Crippen LogP contribution in [0.4, 0.5) is 4.39 Å². The second-order valence-electron chi connectivity index (χ2n) is 2.97. The highest BCUT2D eigenvalue weighted by Crippen LogP contribution is 2.20. The molecule has 5 heteroatoms. The molecule has 0 aliphatic heterocycles. The van der Waals surface area contributed by atoms with E-state index in [9.17, 15) is 9.18 Å². The molecule has 0 aliphatic rings. The molecular weight excluding hydrogens is 199 g/mol. The highest BCUT2D eigenvalue weighted by molar-refractivity contribution is 6.03. The van der Waals surface area contributed by atoms with Crippen molar-refractivity contribution in [3.05, 3.63) is 29.7 Å². The van der Waals surface area contributed by atoms with E-state index in [1.807, 2.05) is 0 Å². The first-order valence-corrected chi connectivity index (χ1v) is 4.52. The third kappa shape index (κ3) is 1.56. The Morgan fingerprint density at radius 3 is 3.13 bits per heavy atom. The summed E-state index contributed by atoms with van der Waals surface area (Å²) >= 11 is 0. The Balaban J connectivity index is 2.61. The van der Waals surface area contributed by atoms with Gasteiger partial charge >= 0.3 is 5.97 Å². The fourth-order valence-electron chi connectivity index (χ4n) is 1.40. The van der Waals surface area contributed by atoms with Gasteiger partial charge in [0.15, 0.2) is 0 Å². The van der Waals surface area contributed by atoms with E-state index in [0.29, 0.717) is 10.9 Å². The smallest absolute Gasteiger partial charge is 0.341 e. The molecule has 0 unspecified atom stereocenters. The van der Waals surface area contributed by atoms with E-state index in [4.69, 9.17) is 4.74 Å². The summed E-state index contributed by atoms with van der Waals surface area (Å²) in [5.41, 5.74) is 0.544. The molecule has 0 fully saturated rings. The highest BCUT2D eigenvalue weighted by atomic mass is 19.1. The molecule has 1 heterocycles. The maximum atomic E-state index is 13.4. The van der Waals surface area contributed by atoms with Gasteiger partial charge in [0.05, 0.1) is 18.3 Å². The van der Waals surface area contributed by atoms with Crippen LogP contribution in [0.3, 0.4) is 0 Å². The van der Waals surface area contributed by atoms with Gasteiger partial charge < -0.3 is 4.74 Å². The van der Waals surface area contributed by atoms with Crippen LogP contribution < -0.4 is 0 Å². The summed E-state index contributed by atoms with van der Waals surface area (Å²) < 4.78 is 18.2. The molecule has 1 aromatic heterocycles. The van der Waals surface area contributed by atoms with Crippen LogP contribution in [0.5, 0.6) is 0 Å². The molecule has 0 saturated carbocycles. The van der Waals surface area contributed by atoms with Crippen molar-refractivity contribution in [2.24, 2.45) is 0 Å². The summed E-state index contributed by atoms with van der Waals surface area (Å²) in [5.74, 6) is -1.26. The van der Waals surface area contributed by atoms with Gasteiger partial charge in [0, 0.05) is 5.39 Å². The third-order valence-corrected chi connectivity index (χ3v) is 2.05. The molecule has 0 aliphatic carbocycles. The average molecular weight is 208 g/mol. The second kappa shape index (κ2) is 3.68. The molecule has 0 amide bonds. The van der Waals surface area contributed by atoms with E-state index in [1.54, 1.807) is 6.92 Å². The van der Waals surface area contributed by atoms with Crippen molar-refractivity contribution in [2.75, 3.05) is 6.61 Å². The summed E-state index contributed by atoms with van der Waals surface area (Å²) in [6, 6.07) is 2.74. The van der Waals surface area contributed by atoms with Gasteiger partial charge in [0.2, 0.25) is 0 Å². The highest BCUT2D eigenvalue weighted by Gasteiger charge is 2.17. The number of ether oxygens (including phenoxy) is 1. The van der Waals surface area contributed by atoms with Crippen molar-refractivity contribution in [3.63, 3.8) is 0 Å². The van der Waals surface area contributed by atoms with Gasteiger partial charge in [0.1, 0.15) is 11.4 Å². The fraction of sp³-hybridized carbons (Fsp3) is 0.200. The molecule has 15 heavy (non-hydrogen) atoms. The van der Waals surface area contributed by atoms with Crippen molar-refractivity contribution < 1.29 is 13.9 Å². The summed E-state index contributed by atoms with van der Waals surface area (Å²) in [5, 5.41) is 6.84. The average Bonchev–Trinajstić information content (AvgIpc) is 2.65. The molecule has 1 aromatic carbocycles. The number of nitrogens with one attached hydrogen (secondary N) is 1. The lowest BCUT2D eigenvalue weighted by Crippen LogP contribution is -2.07. The van der Waals surface area contributed by atoms with Crippen LogP contribution in [0.2, 0.25) is 0 Å². The molecule has 2 rings (SSSR count). The number of benzene rings is 1.